The van der Waals surface area contributed by atoms with Crippen molar-refractivity contribution in [3.63, 3.8) is 0 Å². The molecule has 2 aliphatic heterocycles. The molecule has 180 valence electrons. The van der Waals surface area contributed by atoms with Gasteiger partial charge in [-0.05, 0) is 61.1 Å². The molecule has 0 spiro atoms. The van der Waals surface area contributed by atoms with Crippen LogP contribution in [0.15, 0.2) is 60.9 Å². The van der Waals surface area contributed by atoms with Gasteiger partial charge in [0, 0.05) is 51.7 Å². The fraction of sp³-hybridized carbons (Fsp3) is 0.393. The van der Waals surface area contributed by atoms with Crippen LogP contribution in [0.25, 0.3) is 16.7 Å². The van der Waals surface area contributed by atoms with Crippen LogP contribution in [0.1, 0.15) is 30.4 Å². The molecule has 0 aliphatic carbocycles. The highest BCUT2D eigenvalue weighted by Crippen LogP contribution is 2.28. The molecule has 1 atom stereocenters. The third kappa shape index (κ3) is 4.48. The van der Waals surface area contributed by atoms with Crippen molar-refractivity contribution in [2.45, 2.75) is 32.2 Å². The second-order valence-corrected chi connectivity index (χ2v) is 9.77. The van der Waals surface area contributed by atoms with Gasteiger partial charge in [-0.2, -0.15) is 0 Å². The summed E-state index contributed by atoms with van der Waals surface area (Å²) in [6.07, 6.45) is 7.85. The molecular weight excluding hydrogens is 436 g/mol. The highest BCUT2D eigenvalue weighted by Gasteiger charge is 2.28. The zero-order valence-electron chi connectivity index (χ0n) is 20.1. The van der Waals surface area contributed by atoms with Crippen LogP contribution >= 0.6 is 0 Å². The van der Waals surface area contributed by atoms with E-state index >= 15 is 0 Å². The van der Waals surface area contributed by atoms with Crippen molar-refractivity contribution in [2.24, 2.45) is 5.92 Å². The Balaban J connectivity index is 1.05. The lowest BCUT2D eigenvalue weighted by Crippen LogP contribution is -2.44. The molecule has 0 radical (unpaired) electrons. The lowest BCUT2D eigenvalue weighted by Gasteiger charge is -2.33. The van der Waals surface area contributed by atoms with Crippen LogP contribution < -0.4 is 10.2 Å². The molecule has 1 amide bonds. The minimum Gasteiger partial charge on any atom is -0.356 e. The molecule has 4 aromatic rings. The standard InChI is InChI=1S/C28H32N6O/c35-28(30-14-6-15-32-18-12-21-7-1-2-8-22(21)19-32)23-9-4-16-33(20-23)27-25-11-5-17-34(25)24-10-3-13-29-26(24)31-27/h1-3,5,7-8,10-11,13,17,23H,4,6,9,12,14-16,18-20H2,(H,30,35). The molecule has 0 bridgehead atoms. The summed E-state index contributed by atoms with van der Waals surface area (Å²) in [5.41, 5.74) is 5.72. The fourth-order valence-electron chi connectivity index (χ4n) is 5.61. The van der Waals surface area contributed by atoms with Gasteiger partial charge in [0.25, 0.3) is 0 Å². The van der Waals surface area contributed by atoms with Crippen LogP contribution in [0.5, 0.6) is 0 Å². The van der Waals surface area contributed by atoms with E-state index in [1.165, 1.54) is 11.1 Å². The van der Waals surface area contributed by atoms with Crippen LogP contribution in [0.2, 0.25) is 0 Å². The molecule has 1 aromatic carbocycles. The van der Waals surface area contributed by atoms with Gasteiger partial charge in [0.15, 0.2) is 11.5 Å². The highest BCUT2D eigenvalue weighted by molar-refractivity contribution is 5.84. The summed E-state index contributed by atoms with van der Waals surface area (Å²) in [6.45, 7) is 5.47. The molecule has 1 unspecified atom stereocenters. The summed E-state index contributed by atoms with van der Waals surface area (Å²) in [7, 11) is 0. The topological polar surface area (TPSA) is 65.8 Å². The maximum Gasteiger partial charge on any atom is 0.224 e. The maximum absolute atomic E-state index is 13.0. The molecule has 1 N–H and O–H groups in total. The average Bonchev–Trinajstić information content (AvgIpc) is 3.41. The lowest BCUT2D eigenvalue weighted by molar-refractivity contribution is -0.125. The smallest absolute Gasteiger partial charge is 0.224 e. The number of nitrogens with zero attached hydrogens (tertiary/aromatic N) is 5. The second kappa shape index (κ2) is 9.66. The van der Waals surface area contributed by atoms with Gasteiger partial charge in [-0.15, -0.1) is 0 Å². The Morgan fingerprint density at radius 3 is 2.86 bits per heavy atom. The lowest BCUT2D eigenvalue weighted by atomic mass is 9.97. The van der Waals surface area contributed by atoms with E-state index in [9.17, 15) is 4.79 Å². The van der Waals surface area contributed by atoms with Crippen LogP contribution in [0, 0.1) is 5.92 Å². The Morgan fingerprint density at radius 1 is 1.03 bits per heavy atom. The van der Waals surface area contributed by atoms with Crippen molar-refractivity contribution in [2.75, 3.05) is 37.6 Å². The fourth-order valence-corrected chi connectivity index (χ4v) is 5.61. The number of fused-ring (bicyclic) bond motifs is 4. The predicted octanol–water partition coefficient (Wildman–Crippen LogP) is 3.66. The quantitative estimate of drug-likeness (QED) is 0.438. The van der Waals surface area contributed by atoms with Gasteiger partial charge < -0.3 is 14.6 Å². The Hall–Kier alpha value is -3.45. The first-order chi connectivity index (χ1) is 17.3. The first-order valence-corrected chi connectivity index (χ1v) is 12.8. The van der Waals surface area contributed by atoms with Crippen molar-refractivity contribution < 1.29 is 4.79 Å². The van der Waals surface area contributed by atoms with E-state index in [0.29, 0.717) is 6.54 Å². The molecule has 3 aromatic heterocycles. The monoisotopic (exact) mass is 468 g/mol. The van der Waals surface area contributed by atoms with E-state index in [4.69, 9.17) is 4.98 Å². The van der Waals surface area contributed by atoms with Gasteiger partial charge >= 0.3 is 0 Å². The van der Waals surface area contributed by atoms with E-state index in [1.54, 1.807) is 6.20 Å². The first-order valence-electron chi connectivity index (χ1n) is 12.8. The summed E-state index contributed by atoms with van der Waals surface area (Å²) in [6, 6.07) is 16.9. The minimum absolute atomic E-state index is 0.0122. The number of hydrogen-bond donors (Lipinski definition) is 1. The van der Waals surface area contributed by atoms with Gasteiger partial charge in [-0.3, -0.25) is 9.69 Å². The molecular formula is C28H32N6O. The second-order valence-electron chi connectivity index (χ2n) is 9.77. The number of carbonyl (C=O) groups is 1. The Morgan fingerprint density at radius 2 is 1.91 bits per heavy atom. The molecule has 6 rings (SSSR count). The van der Waals surface area contributed by atoms with Crippen molar-refractivity contribution in [1.29, 1.82) is 0 Å². The molecule has 2 aliphatic rings. The highest BCUT2D eigenvalue weighted by atomic mass is 16.1. The van der Waals surface area contributed by atoms with Crippen LogP contribution in [-0.4, -0.2) is 57.9 Å². The largest absolute Gasteiger partial charge is 0.356 e. The van der Waals surface area contributed by atoms with Gasteiger partial charge in [0.2, 0.25) is 5.91 Å². The molecule has 7 nitrogen and oxygen atoms in total. The summed E-state index contributed by atoms with van der Waals surface area (Å²) in [5, 5.41) is 3.21. The normalized spacial score (nSPS) is 18.6. The number of aromatic nitrogens is 3. The Labute approximate surface area is 205 Å². The third-order valence-electron chi connectivity index (χ3n) is 7.47. The van der Waals surface area contributed by atoms with Crippen molar-refractivity contribution >= 4 is 28.4 Å². The van der Waals surface area contributed by atoms with Crippen molar-refractivity contribution in [3.8, 4) is 0 Å². The van der Waals surface area contributed by atoms with E-state index in [0.717, 1.165) is 80.9 Å². The molecule has 0 saturated carbocycles. The number of anilines is 1. The number of benzene rings is 1. The number of rotatable bonds is 6. The predicted molar refractivity (Wildman–Crippen MR) is 138 cm³/mol. The minimum atomic E-state index is -0.0122. The van der Waals surface area contributed by atoms with Crippen LogP contribution in [0.4, 0.5) is 5.82 Å². The average molecular weight is 469 g/mol. The Kier molecular flexibility index (Phi) is 6.08. The first kappa shape index (κ1) is 22.0. The maximum atomic E-state index is 13.0. The molecule has 1 fully saturated rings. The van der Waals surface area contributed by atoms with Gasteiger partial charge in [0.1, 0.15) is 0 Å². The SMILES string of the molecule is O=C(NCCCN1CCc2ccccc2C1)C1CCCN(c2nc3ncccc3n3cccc23)C1. The number of nitrogens with one attached hydrogen (secondary N) is 1. The van der Waals surface area contributed by atoms with E-state index in [-0.39, 0.29) is 11.8 Å². The molecule has 5 heterocycles. The molecule has 7 heteroatoms. The summed E-state index contributed by atoms with van der Waals surface area (Å²) < 4.78 is 2.15. The van der Waals surface area contributed by atoms with Crippen molar-refractivity contribution in [3.05, 3.63) is 72.1 Å². The molecule has 1 saturated heterocycles. The van der Waals surface area contributed by atoms with E-state index in [1.807, 2.05) is 18.2 Å². The summed E-state index contributed by atoms with van der Waals surface area (Å²) in [5.74, 6) is 1.08. The van der Waals surface area contributed by atoms with Gasteiger partial charge in [-0.25, -0.2) is 9.97 Å². The number of hydrogen-bond acceptors (Lipinski definition) is 5. The Bertz CT molecular complexity index is 1350. The number of amides is 1. The van der Waals surface area contributed by atoms with Crippen LogP contribution in [0.3, 0.4) is 0 Å². The summed E-state index contributed by atoms with van der Waals surface area (Å²) in [4.78, 5) is 27.2. The number of carbonyl (C=O) groups excluding carboxylic acids is 1. The van der Waals surface area contributed by atoms with E-state index in [2.05, 4.69) is 61.0 Å². The molecule has 35 heavy (non-hydrogen) atoms. The van der Waals surface area contributed by atoms with E-state index < -0.39 is 0 Å². The third-order valence-corrected chi connectivity index (χ3v) is 7.47. The number of piperidine rings is 1. The summed E-state index contributed by atoms with van der Waals surface area (Å²) >= 11 is 0. The zero-order valence-corrected chi connectivity index (χ0v) is 20.1. The van der Waals surface area contributed by atoms with Gasteiger partial charge in [0.05, 0.1) is 17.0 Å². The van der Waals surface area contributed by atoms with Gasteiger partial charge in [-0.1, -0.05) is 24.3 Å². The number of pyridine rings is 1. The van der Waals surface area contributed by atoms with Crippen molar-refractivity contribution in [1.82, 2.24) is 24.6 Å². The zero-order chi connectivity index (χ0) is 23.6. The van der Waals surface area contributed by atoms with Crippen LogP contribution in [-0.2, 0) is 17.8 Å².